The second kappa shape index (κ2) is 8.03. The molecule has 3 rings (SSSR count). The van der Waals surface area contributed by atoms with E-state index >= 15 is 0 Å². The molecule has 0 saturated carbocycles. The number of carbonyl (C=O) groups excluding carboxylic acids is 1. The summed E-state index contributed by atoms with van der Waals surface area (Å²) < 4.78 is 16.0. The van der Waals surface area contributed by atoms with E-state index in [0.717, 1.165) is 22.6 Å². The summed E-state index contributed by atoms with van der Waals surface area (Å²) in [5.41, 5.74) is 2.15. The van der Waals surface area contributed by atoms with Crippen molar-refractivity contribution in [2.45, 2.75) is 12.3 Å². The first kappa shape index (κ1) is 17.3. The van der Waals surface area contributed by atoms with Gasteiger partial charge in [0.25, 0.3) is 0 Å². The number of fused-ring (bicyclic) bond motifs is 1. The molecule has 2 aromatic rings. The lowest BCUT2D eigenvalue weighted by molar-refractivity contribution is -0.130. The molecule has 0 aromatic heterocycles. The third-order valence-electron chi connectivity index (χ3n) is 4.44. The maximum absolute atomic E-state index is 12.7. The molecule has 132 valence electrons. The molecule has 1 unspecified atom stereocenters. The van der Waals surface area contributed by atoms with Crippen LogP contribution in [0, 0.1) is 0 Å². The van der Waals surface area contributed by atoms with Crippen molar-refractivity contribution in [3.63, 3.8) is 0 Å². The molecule has 1 atom stereocenters. The van der Waals surface area contributed by atoms with Crippen molar-refractivity contribution in [3.8, 4) is 11.5 Å². The molecular weight excluding hydrogens is 318 g/mol. The highest BCUT2D eigenvalue weighted by atomic mass is 16.7. The van der Waals surface area contributed by atoms with Gasteiger partial charge in [-0.3, -0.25) is 4.79 Å². The molecule has 25 heavy (non-hydrogen) atoms. The Labute approximate surface area is 148 Å². The van der Waals surface area contributed by atoms with Crippen LogP contribution in [-0.4, -0.2) is 44.9 Å². The predicted octanol–water partition coefficient (Wildman–Crippen LogP) is 3.04. The first-order valence-corrected chi connectivity index (χ1v) is 8.36. The Bertz CT molecular complexity index is 717. The van der Waals surface area contributed by atoms with Gasteiger partial charge in [-0.2, -0.15) is 0 Å². The van der Waals surface area contributed by atoms with Crippen LogP contribution in [0.5, 0.6) is 11.5 Å². The largest absolute Gasteiger partial charge is 0.454 e. The number of rotatable bonds is 7. The summed E-state index contributed by atoms with van der Waals surface area (Å²) in [5, 5.41) is 0. The SMILES string of the molecule is COCCN(C)C(=O)CC(c1ccccc1)c1ccc2c(c1)OCO2. The summed E-state index contributed by atoms with van der Waals surface area (Å²) in [6, 6.07) is 16.0. The van der Waals surface area contributed by atoms with Crippen molar-refractivity contribution < 1.29 is 19.0 Å². The second-order valence-corrected chi connectivity index (χ2v) is 6.09. The minimum Gasteiger partial charge on any atom is -0.454 e. The topological polar surface area (TPSA) is 48.0 Å². The van der Waals surface area contributed by atoms with Crippen molar-refractivity contribution in [1.82, 2.24) is 4.90 Å². The molecule has 1 aliphatic heterocycles. The standard InChI is InChI=1S/C20H23NO4/c1-21(10-11-23-2)20(22)13-17(15-6-4-3-5-7-15)16-8-9-18-19(12-16)25-14-24-18/h3-9,12,17H,10-11,13-14H2,1-2H3. The van der Waals surface area contributed by atoms with Gasteiger partial charge in [-0.15, -0.1) is 0 Å². The average Bonchev–Trinajstić information content (AvgIpc) is 3.12. The smallest absolute Gasteiger partial charge is 0.231 e. The van der Waals surface area contributed by atoms with Gasteiger partial charge in [0.1, 0.15) is 0 Å². The van der Waals surface area contributed by atoms with E-state index in [1.807, 2.05) is 43.4 Å². The minimum absolute atomic E-state index is 0.0341. The number of carbonyl (C=O) groups is 1. The molecule has 0 saturated heterocycles. The molecule has 1 amide bonds. The molecule has 1 aliphatic rings. The Kier molecular flexibility index (Phi) is 5.56. The Morgan fingerprint density at radius 1 is 1.12 bits per heavy atom. The molecule has 0 aliphatic carbocycles. The maximum atomic E-state index is 12.7. The summed E-state index contributed by atoms with van der Waals surface area (Å²) in [7, 11) is 3.45. The first-order valence-electron chi connectivity index (χ1n) is 8.36. The van der Waals surface area contributed by atoms with E-state index in [1.54, 1.807) is 12.0 Å². The number of benzene rings is 2. The summed E-state index contributed by atoms with van der Waals surface area (Å²) >= 11 is 0. The van der Waals surface area contributed by atoms with E-state index in [1.165, 1.54) is 0 Å². The number of amides is 1. The Morgan fingerprint density at radius 2 is 1.88 bits per heavy atom. The van der Waals surface area contributed by atoms with Crippen LogP contribution in [0.25, 0.3) is 0 Å². The van der Waals surface area contributed by atoms with Gasteiger partial charge in [0, 0.05) is 33.0 Å². The normalized spacial score (nSPS) is 13.5. The van der Waals surface area contributed by atoms with Gasteiger partial charge < -0.3 is 19.1 Å². The van der Waals surface area contributed by atoms with Crippen LogP contribution in [0.1, 0.15) is 23.5 Å². The number of hydrogen-bond acceptors (Lipinski definition) is 4. The minimum atomic E-state index is -0.0341. The van der Waals surface area contributed by atoms with Crippen LogP contribution in [-0.2, 0) is 9.53 Å². The summed E-state index contributed by atoms with van der Waals surface area (Å²) in [4.78, 5) is 14.4. The van der Waals surface area contributed by atoms with Crippen molar-refractivity contribution in [1.29, 1.82) is 0 Å². The lowest BCUT2D eigenvalue weighted by Gasteiger charge is -2.22. The highest BCUT2D eigenvalue weighted by molar-refractivity contribution is 5.77. The summed E-state index contributed by atoms with van der Waals surface area (Å²) in [6.07, 6.45) is 0.393. The van der Waals surface area contributed by atoms with Gasteiger partial charge in [0.2, 0.25) is 12.7 Å². The van der Waals surface area contributed by atoms with Gasteiger partial charge in [0.15, 0.2) is 11.5 Å². The monoisotopic (exact) mass is 341 g/mol. The van der Waals surface area contributed by atoms with E-state index in [9.17, 15) is 4.79 Å². The van der Waals surface area contributed by atoms with Gasteiger partial charge in [-0.25, -0.2) is 0 Å². The van der Waals surface area contributed by atoms with Gasteiger partial charge >= 0.3 is 0 Å². The third kappa shape index (κ3) is 4.12. The molecule has 1 heterocycles. The van der Waals surface area contributed by atoms with E-state index in [0.29, 0.717) is 19.6 Å². The molecule has 5 nitrogen and oxygen atoms in total. The molecule has 0 bridgehead atoms. The lowest BCUT2D eigenvalue weighted by atomic mass is 9.88. The van der Waals surface area contributed by atoms with Crippen LogP contribution in [0.3, 0.4) is 0 Å². The fraction of sp³-hybridized carbons (Fsp3) is 0.350. The molecule has 0 radical (unpaired) electrons. The predicted molar refractivity (Wildman–Crippen MR) is 95.0 cm³/mol. The lowest BCUT2D eigenvalue weighted by Crippen LogP contribution is -2.31. The van der Waals surface area contributed by atoms with Crippen LogP contribution in [0.2, 0.25) is 0 Å². The van der Waals surface area contributed by atoms with Gasteiger partial charge in [-0.05, 0) is 23.3 Å². The van der Waals surface area contributed by atoms with Crippen LogP contribution in [0.4, 0.5) is 0 Å². The first-order chi connectivity index (χ1) is 12.2. The van der Waals surface area contributed by atoms with Gasteiger partial charge in [-0.1, -0.05) is 36.4 Å². The number of hydrogen-bond donors (Lipinski definition) is 0. The highest BCUT2D eigenvalue weighted by Gasteiger charge is 2.23. The highest BCUT2D eigenvalue weighted by Crippen LogP contribution is 2.37. The number of nitrogens with zero attached hydrogens (tertiary/aromatic N) is 1. The van der Waals surface area contributed by atoms with Crippen molar-refractivity contribution in [3.05, 3.63) is 59.7 Å². The molecule has 2 aromatic carbocycles. The van der Waals surface area contributed by atoms with E-state index in [4.69, 9.17) is 14.2 Å². The third-order valence-corrected chi connectivity index (χ3v) is 4.44. The zero-order valence-electron chi connectivity index (χ0n) is 14.6. The van der Waals surface area contributed by atoms with Crippen LogP contribution >= 0.6 is 0 Å². The number of methoxy groups -OCH3 is 1. The van der Waals surface area contributed by atoms with E-state index < -0.39 is 0 Å². The Hall–Kier alpha value is -2.53. The number of ether oxygens (including phenoxy) is 3. The van der Waals surface area contributed by atoms with Crippen LogP contribution < -0.4 is 9.47 Å². The fourth-order valence-electron chi connectivity index (χ4n) is 2.93. The molecule has 0 spiro atoms. The Morgan fingerprint density at radius 3 is 2.64 bits per heavy atom. The number of likely N-dealkylation sites (N-methyl/N-ethyl adjacent to an activating group) is 1. The summed E-state index contributed by atoms with van der Waals surface area (Å²) in [6.45, 7) is 1.35. The summed E-state index contributed by atoms with van der Waals surface area (Å²) in [5.74, 6) is 1.54. The Balaban J connectivity index is 1.85. The average molecular weight is 341 g/mol. The van der Waals surface area contributed by atoms with E-state index in [2.05, 4.69) is 12.1 Å². The quantitative estimate of drug-likeness (QED) is 0.777. The van der Waals surface area contributed by atoms with E-state index in [-0.39, 0.29) is 18.6 Å². The zero-order valence-corrected chi connectivity index (χ0v) is 14.6. The molecule has 0 N–H and O–H groups in total. The van der Waals surface area contributed by atoms with Crippen LogP contribution in [0.15, 0.2) is 48.5 Å². The van der Waals surface area contributed by atoms with Crippen molar-refractivity contribution in [2.24, 2.45) is 0 Å². The zero-order chi connectivity index (χ0) is 17.6. The fourth-order valence-corrected chi connectivity index (χ4v) is 2.93. The molecule has 0 fully saturated rings. The molecule has 5 heteroatoms. The van der Waals surface area contributed by atoms with Crippen molar-refractivity contribution in [2.75, 3.05) is 34.1 Å². The van der Waals surface area contributed by atoms with Crippen molar-refractivity contribution >= 4 is 5.91 Å². The second-order valence-electron chi connectivity index (χ2n) is 6.09. The maximum Gasteiger partial charge on any atom is 0.231 e. The molecular formula is C20H23NO4. The van der Waals surface area contributed by atoms with Gasteiger partial charge in [0.05, 0.1) is 6.61 Å².